The summed E-state index contributed by atoms with van der Waals surface area (Å²) in [6.07, 6.45) is 3.09. The zero-order chi connectivity index (χ0) is 30.2. The Bertz CT molecular complexity index is 1230. The van der Waals surface area contributed by atoms with Gasteiger partial charge >= 0.3 is 11.9 Å². The molecule has 2 atom stereocenters. The van der Waals surface area contributed by atoms with Crippen molar-refractivity contribution in [2.45, 2.75) is 52.7 Å². The Hall–Kier alpha value is -4.42. The van der Waals surface area contributed by atoms with Gasteiger partial charge in [0.15, 0.2) is 0 Å². The van der Waals surface area contributed by atoms with E-state index in [-0.39, 0.29) is 40.2 Å². The summed E-state index contributed by atoms with van der Waals surface area (Å²) in [6.45, 7) is 1.54. The van der Waals surface area contributed by atoms with Gasteiger partial charge in [-0.1, -0.05) is 45.2 Å². The van der Waals surface area contributed by atoms with Crippen molar-refractivity contribution >= 4 is 35.1 Å². The first-order valence-corrected chi connectivity index (χ1v) is 13.5. The first-order valence-electron chi connectivity index (χ1n) is 13.5. The maximum absolute atomic E-state index is 12.3. The maximum Gasteiger partial charge on any atom is 0.308 e. The first-order chi connectivity index (χ1) is 20.4. The van der Waals surface area contributed by atoms with Crippen LogP contribution < -0.4 is 20.1 Å². The van der Waals surface area contributed by atoms with Gasteiger partial charge in [0.25, 0.3) is 11.8 Å². The highest BCUT2D eigenvalue weighted by Crippen LogP contribution is 2.26. The van der Waals surface area contributed by atoms with Crippen LogP contribution in [0.2, 0.25) is 0 Å². The number of carbonyl (C=O) groups excluding carboxylic acids is 4. The molecule has 12 heteroatoms. The van der Waals surface area contributed by atoms with Crippen molar-refractivity contribution in [3.05, 3.63) is 60.7 Å². The van der Waals surface area contributed by atoms with Crippen LogP contribution in [0.15, 0.2) is 60.7 Å². The zero-order valence-corrected chi connectivity index (χ0v) is 23.7. The second kappa shape index (κ2) is 20.5. The van der Waals surface area contributed by atoms with Crippen molar-refractivity contribution in [3.8, 4) is 11.5 Å². The average molecular weight is 617 g/mol. The Kier molecular flexibility index (Phi) is 17.5. The molecule has 2 aromatic rings. The predicted octanol–water partition coefficient (Wildman–Crippen LogP) is 4.54. The monoisotopic (exact) mass is 616 g/mol. The molecule has 0 saturated heterocycles. The number of methoxy groups -OCH3 is 2. The van der Waals surface area contributed by atoms with Crippen LogP contribution >= 0.6 is 0 Å². The van der Waals surface area contributed by atoms with Crippen LogP contribution in [0.25, 0.3) is 0 Å². The van der Waals surface area contributed by atoms with E-state index in [1.165, 1.54) is 14.2 Å². The minimum Gasteiger partial charge on any atom is -0.491 e. The molecule has 0 fully saturated rings. The van der Waals surface area contributed by atoms with Gasteiger partial charge in [-0.15, -0.1) is 0 Å². The summed E-state index contributed by atoms with van der Waals surface area (Å²) >= 11 is 0. The van der Waals surface area contributed by atoms with Crippen LogP contribution in [0.4, 0.5) is 11.4 Å². The highest BCUT2D eigenvalue weighted by atomic mass is 16.5. The molecule has 0 aromatic heterocycles. The number of esters is 2. The Morgan fingerprint density at radius 2 is 1.18 bits per heavy atom. The van der Waals surface area contributed by atoms with E-state index in [9.17, 15) is 19.2 Å². The number of hydrogen-bond acceptors (Lipinski definition) is 10. The molecular formula is C32H44N2O10. The van der Waals surface area contributed by atoms with Crippen LogP contribution in [0.5, 0.6) is 11.5 Å². The topological polar surface area (TPSA) is 148 Å². The lowest BCUT2D eigenvalue weighted by molar-refractivity contribution is -0.147. The molecule has 2 heterocycles. The Balaban J connectivity index is 0.000000421. The Labute approximate surface area is 259 Å². The molecular weight excluding hydrogens is 572 g/mol. The molecule has 2 N–H and O–H groups in total. The number of amides is 2. The lowest BCUT2D eigenvalue weighted by Gasteiger charge is -2.16. The zero-order valence-electron chi connectivity index (χ0n) is 23.7. The summed E-state index contributed by atoms with van der Waals surface area (Å²) in [7, 11) is 2.56. The third-order valence-electron chi connectivity index (χ3n) is 6.04. The van der Waals surface area contributed by atoms with Crippen molar-refractivity contribution < 1.29 is 47.6 Å². The number of benzene rings is 2. The summed E-state index contributed by atoms with van der Waals surface area (Å²) < 4.78 is 31.3. The van der Waals surface area contributed by atoms with Crippen molar-refractivity contribution in [2.24, 2.45) is 0 Å². The van der Waals surface area contributed by atoms with Gasteiger partial charge in [-0.25, -0.2) is 0 Å². The number of carbonyl (C=O) groups is 4. The smallest absolute Gasteiger partial charge is 0.308 e. The van der Waals surface area contributed by atoms with Gasteiger partial charge in [-0.05, 0) is 43.2 Å². The van der Waals surface area contributed by atoms with Gasteiger partial charge in [0.1, 0.15) is 30.3 Å². The van der Waals surface area contributed by atoms with Crippen LogP contribution in [-0.4, -0.2) is 76.6 Å². The van der Waals surface area contributed by atoms with Gasteiger partial charge in [0.05, 0.1) is 51.6 Å². The molecule has 0 spiro atoms. The van der Waals surface area contributed by atoms with Gasteiger partial charge in [-0.3, -0.25) is 19.2 Å². The fraction of sp³-hybridized carbons (Fsp3) is 0.438. The summed E-state index contributed by atoms with van der Waals surface area (Å²) in [6, 6.07) is 14.3. The number of nitrogens with one attached hydrogen (secondary N) is 2. The number of fused-ring (bicyclic) bond motifs is 2. The second-order valence-electron chi connectivity index (χ2n) is 9.05. The van der Waals surface area contributed by atoms with E-state index in [1.807, 2.05) is 12.1 Å². The minimum atomic E-state index is -0.909. The highest BCUT2D eigenvalue weighted by molar-refractivity contribution is 5.98. The molecule has 242 valence electrons. The molecule has 0 radical (unpaired) electrons. The molecule has 44 heavy (non-hydrogen) atoms. The number of ether oxygens (including phenoxy) is 6. The van der Waals surface area contributed by atoms with Gasteiger partial charge in [0, 0.05) is 6.61 Å². The molecule has 0 bridgehead atoms. The minimum absolute atomic E-state index is 0. The van der Waals surface area contributed by atoms with Gasteiger partial charge < -0.3 is 39.1 Å². The standard InChI is InChI=1S/C15H19NO5.C15H17NO5.2CH4/c2*1-19-14(17)10-13-15(18)16-11-6-2-3-7-12(11)20-8-4-5-9-21-13;;/h2-3,6-7,13H,4-5,8-10H2,1H3,(H,16,18);2-7,13H,8-10H2,1H3,(H,16,18);2*1H4. The summed E-state index contributed by atoms with van der Waals surface area (Å²) in [5.74, 6) is -0.586. The molecule has 12 nitrogen and oxygen atoms in total. The van der Waals surface area contributed by atoms with Crippen LogP contribution in [0, 0.1) is 0 Å². The van der Waals surface area contributed by atoms with Crippen molar-refractivity contribution in [1.82, 2.24) is 0 Å². The van der Waals surface area contributed by atoms with Gasteiger partial charge in [-0.2, -0.15) is 0 Å². The fourth-order valence-electron chi connectivity index (χ4n) is 3.80. The number of hydrogen-bond donors (Lipinski definition) is 2. The van der Waals surface area contributed by atoms with E-state index in [0.717, 1.165) is 12.8 Å². The highest BCUT2D eigenvalue weighted by Gasteiger charge is 2.25. The fourth-order valence-corrected chi connectivity index (χ4v) is 3.80. The molecule has 0 saturated carbocycles. The quantitative estimate of drug-likeness (QED) is 0.371. The second-order valence-corrected chi connectivity index (χ2v) is 9.05. The van der Waals surface area contributed by atoms with Crippen molar-refractivity contribution in [2.75, 3.05) is 51.3 Å². The van der Waals surface area contributed by atoms with Crippen LogP contribution in [0.1, 0.15) is 40.5 Å². The molecule has 2 aliphatic rings. The molecule has 2 aliphatic heterocycles. The summed E-state index contributed by atoms with van der Waals surface area (Å²) in [5, 5.41) is 5.45. The molecule has 2 unspecified atom stereocenters. The Morgan fingerprint density at radius 1 is 0.705 bits per heavy atom. The first kappa shape index (κ1) is 37.6. The number of para-hydroxylation sites is 4. The Morgan fingerprint density at radius 3 is 1.75 bits per heavy atom. The summed E-state index contributed by atoms with van der Waals surface area (Å²) in [5.41, 5.74) is 1.11. The lowest BCUT2D eigenvalue weighted by atomic mass is 10.2. The molecule has 0 aliphatic carbocycles. The van der Waals surface area contributed by atoms with Crippen LogP contribution in [0.3, 0.4) is 0 Å². The average Bonchev–Trinajstić information content (AvgIpc) is 3.05. The van der Waals surface area contributed by atoms with E-state index in [4.69, 9.17) is 18.9 Å². The van der Waals surface area contributed by atoms with E-state index in [2.05, 4.69) is 20.1 Å². The normalized spacial score (nSPS) is 18.2. The third kappa shape index (κ3) is 12.4. The largest absolute Gasteiger partial charge is 0.491 e. The van der Waals surface area contributed by atoms with E-state index in [0.29, 0.717) is 42.7 Å². The number of anilines is 2. The molecule has 2 aromatic carbocycles. The molecule has 2 amide bonds. The van der Waals surface area contributed by atoms with Crippen molar-refractivity contribution in [3.63, 3.8) is 0 Å². The van der Waals surface area contributed by atoms with E-state index >= 15 is 0 Å². The maximum atomic E-state index is 12.3. The van der Waals surface area contributed by atoms with Crippen LogP contribution in [-0.2, 0) is 38.1 Å². The predicted molar refractivity (Wildman–Crippen MR) is 166 cm³/mol. The summed E-state index contributed by atoms with van der Waals surface area (Å²) in [4.78, 5) is 47.2. The molecule has 4 rings (SSSR count). The van der Waals surface area contributed by atoms with Crippen molar-refractivity contribution in [1.29, 1.82) is 0 Å². The van der Waals surface area contributed by atoms with Gasteiger partial charge in [0.2, 0.25) is 0 Å². The third-order valence-corrected chi connectivity index (χ3v) is 6.04. The van der Waals surface area contributed by atoms with E-state index in [1.54, 1.807) is 48.6 Å². The van der Waals surface area contributed by atoms with E-state index < -0.39 is 30.1 Å². The lowest BCUT2D eigenvalue weighted by Crippen LogP contribution is -2.33. The number of rotatable bonds is 4. The SMILES string of the molecule is C.C.COC(=O)CC1OCC=CCOc2ccccc2NC1=O.COC(=O)CC1OCCCCOc2ccccc2NC1=O.